The van der Waals surface area contributed by atoms with Gasteiger partial charge in [0, 0.05) is 36.5 Å². The van der Waals surface area contributed by atoms with Crippen molar-refractivity contribution in [1.82, 2.24) is 15.5 Å². The highest BCUT2D eigenvalue weighted by Gasteiger charge is 2.28. The number of carbonyl (C=O) groups is 3. The van der Waals surface area contributed by atoms with E-state index < -0.39 is 0 Å². The van der Waals surface area contributed by atoms with Crippen LogP contribution in [0, 0.1) is 5.92 Å². The molecule has 5 amide bonds. The molecular weight excluding hydrogens is 394 g/mol. The van der Waals surface area contributed by atoms with E-state index in [4.69, 9.17) is 0 Å². The molecular formula is C23H35N5O3. The summed E-state index contributed by atoms with van der Waals surface area (Å²) in [7, 11) is 0. The number of urea groups is 2. The minimum atomic E-state index is -0.210. The van der Waals surface area contributed by atoms with Crippen LogP contribution in [-0.4, -0.2) is 48.0 Å². The number of nitrogens with one attached hydrogen (secondary N) is 4. The van der Waals surface area contributed by atoms with Crippen LogP contribution in [0.2, 0.25) is 0 Å². The Labute approximate surface area is 184 Å². The zero-order chi connectivity index (χ0) is 22.2. The fourth-order valence-corrected chi connectivity index (χ4v) is 4.22. The maximum atomic E-state index is 12.6. The van der Waals surface area contributed by atoms with Crippen molar-refractivity contribution < 1.29 is 14.4 Å². The van der Waals surface area contributed by atoms with Gasteiger partial charge in [0.25, 0.3) is 0 Å². The monoisotopic (exact) mass is 429 g/mol. The molecule has 1 heterocycles. The zero-order valence-corrected chi connectivity index (χ0v) is 18.6. The quantitative estimate of drug-likeness (QED) is 0.571. The Morgan fingerprint density at radius 1 is 0.903 bits per heavy atom. The Bertz CT molecular complexity index is 759. The molecule has 0 bridgehead atoms. The van der Waals surface area contributed by atoms with E-state index in [0.29, 0.717) is 24.5 Å². The van der Waals surface area contributed by atoms with Crippen LogP contribution in [0.5, 0.6) is 0 Å². The molecule has 8 heteroatoms. The first-order valence-corrected chi connectivity index (χ1v) is 11.4. The first kappa shape index (κ1) is 22.9. The number of amides is 5. The molecule has 0 radical (unpaired) electrons. The molecule has 1 unspecified atom stereocenters. The molecule has 8 nitrogen and oxygen atoms in total. The third-order valence-electron chi connectivity index (χ3n) is 5.84. The summed E-state index contributed by atoms with van der Waals surface area (Å²) in [4.78, 5) is 38.8. The molecule has 31 heavy (non-hydrogen) atoms. The van der Waals surface area contributed by atoms with Gasteiger partial charge in [-0.1, -0.05) is 19.3 Å². The van der Waals surface area contributed by atoms with E-state index in [-0.39, 0.29) is 36.0 Å². The predicted molar refractivity (Wildman–Crippen MR) is 122 cm³/mol. The number of likely N-dealkylation sites (tertiary alicyclic amines) is 1. The van der Waals surface area contributed by atoms with Crippen molar-refractivity contribution >= 4 is 29.3 Å². The van der Waals surface area contributed by atoms with E-state index in [9.17, 15) is 14.4 Å². The van der Waals surface area contributed by atoms with Crippen molar-refractivity contribution in [2.45, 2.75) is 70.9 Å². The van der Waals surface area contributed by atoms with E-state index in [0.717, 1.165) is 25.7 Å². The van der Waals surface area contributed by atoms with Gasteiger partial charge in [0.1, 0.15) is 0 Å². The van der Waals surface area contributed by atoms with Gasteiger partial charge in [-0.3, -0.25) is 4.79 Å². The number of benzene rings is 1. The largest absolute Gasteiger partial charge is 0.354 e. The second kappa shape index (κ2) is 11.0. The molecule has 1 aliphatic heterocycles. The fraction of sp³-hybridized carbons (Fsp3) is 0.609. The number of nitrogens with zero attached hydrogens (tertiary/aromatic N) is 1. The van der Waals surface area contributed by atoms with Gasteiger partial charge in [-0.2, -0.15) is 0 Å². The standard InChI is InChI=1S/C23H35N5O3/c1-16(2)24-21(29)17-7-6-14-28(15-17)23(31)27-20-12-10-19(11-13-20)26-22(30)25-18-8-4-3-5-9-18/h10-13,16-18H,3-9,14-15H2,1-2H3,(H,24,29)(H,27,31)(H2,25,26,30). The van der Waals surface area contributed by atoms with Gasteiger partial charge in [-0.25, -0.2) is 9.59 Å². The summed E-state index contributed by atoms with van der Waals surface area (Å²) in [5.74, 6) is -0.161. The van der Waals surface area contributed by atoms with Crippen LogP contribution in [-0.2, 0) is 4.79 Å². The van der Waals surface area contributed by atoms with Crippen LogP contribution in [0.25, 0.3) is 0 Å². The lowest BCUT2D eigenvalue weighted by Crippen LogP contribution is -2.47. The molecule has 0 spiro atoms. The van der Waals surface area contributed by atoms with Crippen LogP contribution in [0.1, 0.15) is 58.8 Å². The molecule has 2 aliphatic rings. The number of anilines is 2. The highest BCUT2D eigenvalue weighted by Crippen LogP contribution is 2.20. The molecule has 1 aromatic carbocycles. The highest BCUT2D eigenvalue weighted by atomic mass is 16.2. The summed E-state index contributed by atoms with van der Waals surface area (Å²) in [6, 6.07) is 7.01. The van der Waals surface area contributed by atoms with Gasteiger partial charge in [0.05, 0.1) is 5.92 Å². The van der Waals surface area contributed by atoms with Crippen molar-refractivity contribution in [3.63, 3.8) is 0 Å². The summed E-state index contributed by atoms with van der Waals surface area (Å²) in [6.07, 6.45) is 7.26. The Kier molecular flexibility index (Phi) is 8.14. The predicted octanol–water partition coefficient (Wildman–Crippen LogP) is 3.91. The number of hydrogen-bond acceptors (Lipinski definition) is 3. The van der Waals surface area contributed by atoms with Crippen molar-refractivity contribution in [2.24, 2.45) is 5.92 Å². The van der Waals surface area contributed by atoms with Crippen LogP contribution >= 0.6 is 0 Å². The van der Waals surface area contributed by atoms with Crippen molar-refractivity contribution in [2.75, 3.05) is 23.7 Å². The van der Waals surface area contributed by atoms with Crippen LogP contribution in [0.4, 0.5) is 21.0 Å². The summed E-state index contributed by atoms with van der Waals surface area (Å²) in [6.45, 7) is 4.93. The third-order valence-corrected chi connectivity index (χ3v) is 5.84. The molecule has 1 atom stereocenters. The minimum Gasteiger partial charge on any atom is -0.354 e. The first-order valence-electron chi connectivity index (χ1n) is 11.4. The van der Waals surface area contributed by atoms with E-state index in [2.05, 4.69) is 21.3 Å². The van der Waals surface area contributed by atoms with Crippen molar-refractivity contribution in [1.29, 1.82) is 0 Å². The first-order chi connectivity index (χ1) is 14.9. The summed E-state index contributed by atoms with van der Waals surface area (Å²) in [5, 5.41) is 11.7. The maximum Gasteiger partial charge on any atom is 0.321 e. The highest BCUT2D eigenvalue weighted by molar-refractivity contribution is 5.92. The van der Waals surface area contributed by atoms with Crippen molar-refractivity contribution in [3.8, 4) is 0 Å². The maximum absolute atomic E-state index is 12.6. The zero-order valence-electron chi connectivity index (χ0n) is 18.6. The SMILES string of the molecule is CC(C)NC(=O)C1CCCN(C(=O)Nc2ccc(NC(=O)NC3CCCCC3)cc2)C1. The van der Waals surface area contributed by atoms with Crippen LogP contribution < -0.4 is 21.3 Å². The van der Waals surface area contributed by atoms with Gasteiger partial charge in [0.2, 0.25) is 5.91 Å². The molecule has 170 valence electrons. The number of piperidine rings is 1. The summed E-state index contributed by atoms with van der Waals surface area (Å²) in [5.41, 5.74) is 1.33. The Balaban J connectivity index is 1.47. The van der Waals surface area contributed by atoms with E-state index in [1.807, 2.05) is 13.8 Å². The molecule has 1 saturated carbocycles. The van der Waals surface area contributed by atoms with Gasteiger partial charge >= 0.3 is 12.1 Å². The Morgan fingerprint density at radius 2 is 1.55 bits per heavy atom. The van der Waals surface area contributed by atoms with E-state index >= 15 is 0 Å². The lowest BCUT2D eigenvalue weighted by Gasteiger charge is -2.32. The third kappa shape index (κ3) is 7.15. The van der Waals surface area contributed by atoms with E-state index in [1.54, 1.807) is 29.2 Å². The molecule has 1 saturated heterocycles. The Morgan fingerprint density at radius 3 is 2.19 bits per heavy atom. The normalized spacial score (nSPS) is 19.6. The smallest absolute Gasteiger partial charge is 0.321 e. The second-order valence-corrected chi connectivity index (χ2v) is 8.89. The molecule has 4 N–H and O–H groups in total. The topological polar surface area (TPSA) is 103 Å². The van der Waals surface area contributed by atoms with Crippen LogP contribution in [0.15, 0.2) is 24.3 Å². The van der Waals surface area contributed by atoms with Gasteiger partial charge < -0.3 is 26.2 Å². The van der Waals surface area contributed by atoms with Crippen molar-refractivity contribution in [3.05, 3.63) is 24.3 Å². The molecule has 1 aliphatic carbocycles. The van der Waals surface area contributed by atoms with Gasteiger partial charge in [-0.15, -0.1) is 0 Å². The average Bonchev–Trinajstić information content (AvgIpc) is 2.75. The minimum absolute atomic E-state index is 0.00873. The number of carbonyl (C=O) groups excluding carboxylic acids is 3. The van der Waals surface area contributed by atoms with Gasteiger partial charge in [0.15, 0.2) is 0 Å². The second-order valence-electron chi connectivity index (χ2n) is 8.89. The Hall–Kier alpha value is -2.77. The molecule has 0 aromatic heterocycles. The molecule has 1 aromatic rings. The summed E-state index contributed by atoms with van der Waals surface area (Å²) < 4.78 is 0. The number of rotatable bonds is 5. The molecule has 3 rings (SSSR count). The lowest BCUT2D eigenvalue weighted by molar-refractivity contribution is -0.126. The number of hydrogen-bond donors (Lipinski definition) is 4. The molecule has 2 fully saturated rings. The lowest BCUT2D eigenvalue weighted by atomic mass is 9.96. The van der Waals surface area contributed by atoms with E-state index in [1.165, 1.54) is 19.3 Å². The summed E-state index contributed by atoms with van der Waals surface area (Å²) >= 11 is 0. The fourth-order valence-electron chi connectivity index (χ4n) is 4.22. The van der Waals surface area contributed by atoms with Crippen LogP contribution in [0.3, 0.4) is 0 Å². The van der Waals surface area contributed by atoms with Gasteiger partial charge in [-0.05, 0) is 63.8 Å². The average molecular weight is 430 g/mol.